The fourth-order valence-electron chi connectivity index (χ4n) is 1.40. The minimum Gasteiger partial charge on any atom is -0.497 e. The molecule has 0 atom stereocenters. The quantitative estimate of drug-likeness (QED) is 0.719. The van der Waals surface area contributed by atoms with Crippen LogP contribution in [0.15, 0.2) is 24.3 Å². The van der Waals surface area contributed by atoms with Crippen LogP contribution in [0.1, 0.15) is 0 Å². The van der Waals surface area contributed by atoms with Crippen LogP contribution in [0.4, 0.5) is 5.69 Å². The lowest BCUT2D eigenvalue weighted by atomic mass is 10.2. The standard InChI is InChI=1S/C11H17NO3/c1-15-11-4-2-10(3-5-11)12(6-8-13)7-9-14/h2-5,13-14H,6-9H2,1H3. The van der Waals surface area contributed by atoms with Gasteiger partial charge in [-0.1, -0.05) is 0 Å². The smallest absolute Gasteiger partial charge is 0.119 e. The van der Waals surface area contributed by atoms with Crippen molar-refractivity contribution in [3.63, 3.8) is 0 Å². The lowest BCUT2D eigenvalue weighted by Gasteiger charge is -2.22. The van der Waals surface area contributed by atoms with E-state index in [-0.39, 0.29) is 13.2 Å². The Balaban J connectivity index is 2.72. The molecule has 4 heteroatoms. The molecule has 2 N–H and O–H groups in total. The first kappa shape index (κ1) is 11.8. The molecule has 0 aromatic heterocycles. The Morgan fingerprint density at radius 1 is 1.07 bits per heavy atom. The molecule has 1 aromatic rings. The fourth-order valence-corrected chi connectivity index (χ4v) is 1.40. The van der Waals surface area contributed by atoms with Crippen molar-refractivity contribution >= 4 is 5.69 Å². The van der Waals surface area contributed by atoms with Crippen LogP contribution in [0, 0.1) is 0 Å². The highest BCUT2D eigenvalue weighted by Gasteiger charge is 2.04. The highest BCUT2D eigenvalue weighted by Crippen LogP contribution is 2.18. The lowest BCUT2D eigenvalue weighted by molar-refractivity contribution is 0.281. The molecule has 0 bridgehead atoms. The molecule has 4 nitrogen and oxygen atoms in total. The number of ether oxygens (including phenoxy) is 1. The van der Waals surface area contributed by atoms with Crippen molar-refractivity contribution in [1.82, 2.24) is 0 Å². The summed E-state index contributed by atoms with van der Waals surface area (Å²) < 4.78 is 5.05. The number of hydrogen-bond donors (Lipinski definition) is 2. The molecule has 0 heterocycles. The van der Waals surface area contributed by atoms with E-state index in [9.17, 15) is 0 Å². The van der Waals surface area contributed by atoms with Crippen molar-refractivity contribution in [2.75, 3.05) is 38.3 Å². The molecule has 0 fully saturated rings. The number of benzene rings is 1. The first-order valence-electron chi connectivity index (χ1n) is 4.92. The summed E-state index contributed by atoms with van der Waals surface area (Å²) in [6.45, 7) is 1.19. The van der Waals surface area contributed by atoms with Crippen molar-refractivity contribution in [3.8, 4) is 5.75 Å². The highest BCUT2D eigenvalue weighted by molar-refractivity contribution is 5.49. The van der Waals surface area contributed by atoms with Crippen LogP contribution in [0.2, 0.25) is 0 Å². The van der Waals surface area contributed by atoms with Crippen molar-refractivity contribution in [2.24, 2.45) is 0 Å². The van der Waals surface area contributed by atoms with Crippen molar-refractivity contribution in [2.45, 2.75) is 0 Å². The Morgan fingerprint density at radius 2 is 1.60 bits per heavy atom. The van der Waals surface area contributed by atoms with Crippen LogP contribution in [-0.2, 0) is 0 Å². The van der Waals surface area contributed by atoms with Gasteiger partial charge >= 0.3 is 0 Å². The maximum Gasteiger partial charge on any atom is 0.119 e. The minimum atomic E-state index is 0.0754. The van der Waals surface area contributed by atoms with Crippen LogP contribution in [0.3, 0.4) is 0 Å². The number of hydrogen-bond acceptors (Lipinski definition) is 4. The van der Waals surface area contributed by atoms with Gasteiger partial charge in [-0.25, -0.2) is 0 Å². The van der Waals surface area contributed by atoms with Gasteiger partial charge in [-0.2, -0.15) is 0 Å². The second kappa shape index (κ2) is 6.27. The molecule has 0 aliphatic rings. The number of nitrogens with zero attached hydrogens (tertiary/aromatic N) is 1. The van der Waals surface area contributed by atoms with Crippen LogP contribution in [0.25, 0.3) is 0 Å². The van der Waals surface area contributed by atoms with Gasteiger partial charge in [0.25, 0.3) is 0 Å². The second-order valence-corrected chi connectivity index (χ2v) is 3.13. The highest BCUT2D eigenvalue weighted by atomic mass is 16.5. The Hall–Kier alpha value is -1.26. The summed E-state index contributed by atoms with van der Waals surface area (Å²) in [4.78, 5) is 1.92. The van der Waals surface area contributed by atoms with Crippen molar-refractivity contribution in [1.29, 1.82) is 0 Å². The Bertz CT molecular complexity index is 268. The summed E-state index contributed by atoms with van der Waals surface area (Å²) in [5.74, 6) is 0.798. The molecule has 1 rings (SSSR count). The maximum absolute atomic E-state index is 8.88. The van der Waals surface area contributed by atoms with E-state index < -0.39 is 0 Å². The number of aliphatic hydroxyl groups excluding tert-OH is 2. The van der Waals surface area contributed by atoms with Gasteiger partial charge in [0.2, 0.25) is 0 Å². The molecule has 0 aliphatic heterocycles. The van der Waals surface area contributed by atoms with Crippen molar-refractivity contribution < 1.29 is 14.9 Å². The Kier molecular flexibility index (Phi) is 4.93. The monoisotopic (exact) mass is 211 g/mol. The minimum absolute atomic E-state index is 0.0754. The molecule has 0 saturated heterocycles. The molecule has 0 aliphatic carbocycles. The third-order valence-corrected chi connectivity index (χ3v) is 2.18. The number of aliphatic hydroxyl groups is 2. The predicted octanol–water partition coefficient (Wildman–Crippen LogP) is 0.486. The van der Waals surface area contributed by atoms with E-state index >= 15 is 0 Å². The summed E-state index contributed by atoms with van der Waals surface area (Å²) in [7, 11) is 1.62. The van der Waals surface area contributed by atoms with Crippen LogP contribution < -0.4 is 9.64 Å². The summed E-state index contributed by atoms with van der Waals surface area (Å²) in [5.41, 5.74) is 0.971. The molecule has 15 heavy (non-hydrogen) atoms. The number of methoxy groups -OCH3 is 1. The molecule has 0 unspecified atom stereocenters. The maximum atomic E-state index is 8.88. The van der Waals surface area contributed by atoms with Gasteiger partial charge in [-0.15, -0.1) is 0 Å². The lowest BCUT2D eigenvalue weighted by Crippen LogP contribution is -2.29. The van der Waals surface area contributed by atoms with E-state index in [4.69, 9.17) is 14.9 Å². The molecule has 0 radical (unpaired) electrons. The summed E-state index contributed by atoms with van der Waals surface area (Å²) in [5, 5.41) is 17.8. The second-order valence-electron chi connectivity index (χ2n) is 3.13. The molecule has 1 aromatic carbocycles. The summed E-state index contributed by atoms with van der Waals surface area (Å²) >= 11 is 0. The van der Waals surface area contributed by atoms with Gasteiger partial charge in [0, 0.05) is 18.8 Å². The van der Waals surface area contributed by atoms with Gasteiger partial charge in [0.05, 0.1) is 20.3 Å². The van der Waals surface area contributed by atoms with Crippen LogP contribution in [-0.4, -0.2) is 43.6 Å². The van der Waals surface area contributed by atoms with E-state index in [1.807, 2.05) is 29.2 Å². The molecular weight excluding hydrogens is 194 g/mol. The Morgan fingerprint density at radius 3 is 2.00 bits per heavy atom. The van der Waals surface area contributed by atoms with Gasteiger partial charge < -0.3 is 19.8 Å². The van der Waals surface area contributed by atoms with E-state index in [1.165, 1.54) is 0 Å². The van der Waals surface area contributed by atoms with E-state index in [0.29, 0.717) is 13.1 Å². The average Bonchev–Trinajstić information content (AvgIpc) is 2.29. The Labute approximate surface area is 89.7 Å². The zero-order valence-electron chi connectivity index (χ0n) is 8.89. The first-order valence-corrected chi connectivity index (χ1v) is 4.92. The van der Waals surface area contributed by atoms with Gasteiger partial charge in [-0.3, -0.25) is 0 Å². The normalized spacial score (nSPS) is 10.1. The molecule has 84 valence electrons. The van der Waals surface area contributed by atoms with Crippen LogP contribution >= 0.6 is 0 Å². The topological polar surface area (TPSA) is 52.9 Å². The largest absolute Gasteiger partial charge is 0.497 e. The van der Waals surface area contributed by atoms with E-state index in [1.54, 1.807) is 7.11 Å². The van der Waals surface area contributed by atoms with E-state index in [2.05, 4.69) is 0 Å². The number of rotatable bonds is 6. The van der Waals surface area contributed by atoms with E-state index in [0.717, 1.165) is 11.4 Å². The molecule has 0 amide bonds. The molecular formula is C11H17NO3. The van der Waals surface area contributed by atoms with Crippen molar-refractivity contribution in [3.05, 3.63) is 24.3 Å². The average molecular weight is 211 g/mol. The predicted molar refractivity (Wildman–Crippen MR) is 59.4 cm³/mol. The first-order chi connectivity index (χ1) is 7.31. The summed E-state index contributed by atoms with van der Waals surface area (Å²) in [6, 6.07) is 7.53. The van der Waals surface area contributed by atoms with Gasteiger partial charge in [-0.05, 0) is 24.3 Å². The zero-order chi connectivity index (χ0) is 11.1. The number of anilines is 1. The summed E-state index contributed by atoms with van der Waals surface area (Å²) in [6.07, 6.45) is 0. The fraction of sp³-hybridized carbons (Fsp3) is 0.455. The molecule has 0 spiro atoms. The van der Waals surface area contributed by atoms with Crippen LogP contribution in [0.5, 0.6) is 5.75 Å². The third-order valence-electron chi connectivity index (χ3n) is 2.18. The third kappa shape index (κ3) is 3.42. The molecule has 0 saturated carbocycles. The SMILES string of the molecule is COc1ccc(N(CCO)CCO)cc1. The zero-order valence-corrected chi connectivity index (χ0v) is 8.89. The van der Waals surface area contributed by atoms with Gasteiger partial charge in [0.1, 0.15) is 5.75 Å². The van der Waals surface area contributed by atoms with Gasteiger partial charge in [0.15, 0.2) is 0 Å².